The Balaban J connectivity index is 1.55. The van der Waals surface area contributed by atoms with Crippen molar-refractivity contribution in [1.82, 2.24) is 19.9 Å². The van der Waals surface area contributed by atoms with Crippen LogP contribution in [0.5, 0.6) is 0 Å². The standard InChI is InChI=1S/C22H18ClN5O3/c1-2-14-6-3-4-9-17(14)24-19(29)13-28-20(30)11-10-18(26-28)22-25-21(27-31-22)15-7-5-8-16(23)12-15/h3-12H,2,13H2,1H3,(H,24,29). The summed E-state index contributed by atoms with van der Waals surface area (Å²) in [5.41, 5.74) is 2.26. The number of anilines is 1. The fraction of sp³-hybridized carbons (Fsp3) is 0.136. The Labute approximate surface area is 182 Å². The number of rotatable bonds is 6. The second-order valence-corrected chi connectivity index (χ2v) is 7.14. The van der Waals surface area contributed by atoms with E-state index in [1.54, 1.807) is 24.3 Å². The van der Waals surface area contributed by atoms with E-state index in [2.05, 4.69) is 20.6 Å². The summed E-state index contributed by atoms with van der Waals surface area (Å²) in [7, 11) is 0. The van der Waals surface area contributed by atoms with Gasteiger partial charge in [-0.3, -0.25) is 9.59 Å². The van der Waals surface area contributed by atoms with Gasteiger partial charge in [0.25, 0.3) is 11.4 Å². The zero-order chi connectivity index (χ0) is 21.8. The average Bonchev–Trinajstić information content (AvgIpc) is 3.26. The number of halogens is 1. The lowest BCUT2D eigenvalue weighted by molar-refractivity contribution is -0.117. The maximum absolute atomic E-state index is 12.5. The van der Waals surface area contributed by atoms with Crippen LogP contribution in [-0.4, -0.2) is 25.8 Å². The van der Waals surface area contributed by atoms with Gasteiger partial charge in [0.2, 0.25) is 11.7 Å². The van der Waals surface area contributed by atoms with Crippen LogP contribution in [0.3, 0.4) is 0 Å². The number of benzene rings is 2. The molecule has 156 valence electrons. The molecule has 0 bridgehead atoms. The molecule has 2 heterocycles. The van der Waals surface area contributed by atoms with E-state index in [0.717, 1.165) is 16.7 Å². The highest BCUT2D eigenvalue weighted by atomic mass is 35.5. The first-order valence-corrected chi connectivity index (χ1v) is 9.97. The van der Waals surface area contributed by atoms with Crippen LogP contribution in [0.15, 0.2) is 70.0 Å². The maximum Gasteiger partial charge on any atom is 0.278 e. The van der Waals surface area contributed by atoms with Crippen LogP contribution in [-0.2, 0) is 17.8 Å². The molecule has 0 fully saturated rings. The van der Waals surface area contributed by atoms with Crippen LogP contribution in [0.25, 0.3) is 23.0 Å². The van der Waals surface area contributed by atoms with Gasteiger partial charge in [0, 0.05) is 22.3 Å². The van der Waals surface area contributed by atoms with Crippen LogP contribution in [0, 0.1) is 0 Å². The molecule has 0 unspecified atom stereocenters. The third-order valence-electron chi connectivity index (χ3n) is 4.56. The number of carbonyl (C=O) groups excluding carboxylic acids is 1. The molecule has 9 heteroatoms. The van der Waals surface area contributed by atoms with Crippen molar-refractivity contribution in [2.75, 3.05) is 5.32 Å². The van der Waals surface area contributed by atoms with Crippen LogP contribution < -0.4 is 10.9 Å². The molecule has 0 aliphatic carbocycles. The van der Waals surface area contributed by atoms with Gasteiger partial charge in [-0.05, 0) is 36.2 Å². The molecule has 31 heavy (non-hydrogen) atoms. The van der Waals surface area contributed by atoms with Crippen molar-refractivity contribution in [3.63, 3.8) is 0 Å². The van der Waals surface area contributed by atoms with Crippen molar-refractivity contribution in [1.29, 1.82) is 0 Å². The highest BCUT2D eigenvalue weighted by molar-refractivity contribution is 6.30. The zero-order valence-electron chi connectivity index (χ0n) is 16.6. The minimum absolute atomic E-state index is 0.125. The second-order valence-electron chi connectivity index (χ2n) is 6.71. The summed E-state index contributed by atoms with van der Waals surface area (Å²) in [6.07, 6.45) is 0.774. The van der Waals surface area contributed by atoms with Crippen LogP contribution in [0.1, 0.15) is 12.5 Å². The number of nitrogens with zero attached hydrogens (tertiary/aromatic N) is 4. The smallest absolute Gasteiger partial charge is 0.278 e. The molecule has 1 N–H and O–H groups in total. The first-order chi connectivity index (χ1) is 15.0. The first kappa shape index (κ1) is 20.5. The molecule has 0 saturated heterocycles. The van der Waals surface area contributed by atoms with Gasteiger partial charge in [-0.2, -0.15) is 10.1 Å². The summed E-state index contributed by atoms with van der Waals surface area (Å²) in [5, 5.41) is 11.5. The first-order valence-electron chi connectivity index (χ1n) is 9.59. The Morgan fingerprint density at radius 2 is 1.97 bits per heavy atom. The molecular formula is C22H18ClN5O3. The van der Waals surface area contributed by atoms with E-state index < -0.39 is 5.56 Å². The number of aromatic nitrogens is 4. The minimum Gasteiger partial charge on any atom is -0.332 e. The van der Waals surface area contributed by atoms with Crippen LogP contribution in [0.2, 0.25) is 5.02 Å². The Kier molecular flexibility index (Phi) is 5.90. The Morgan fingerprint density at radius 1 is 1.13 bits per heavy atom. The van der Waals surface area contributed by atoms with E-state index in [9.17, 15) is 9.59 Å². The lowest BCUT2D eigenvalue weighted by Crippen LogP contribution is -2.29. The highest BCUT2D eigenvalue weighted by Gasteiger charge is 2.15. The molecule has 0 saturated carbocycles. The molecular weight excluding hydrogens is 418 g/mol. The predicted octanol–water partition coefficient (Wildman–Crippen LogP) is 3.81. The lowest BCUT2D eigenvalue weighted by atomic mass is 10.1. The number of para-hydroxylation sites is 1. The zero-order valence-corrected chi connectivity index (χ0v) is 17.3. The van der Waals surface area contributed by atoms with E-state index >= 15 is 0 Å². The van der Waals surface area contributed by atoms with Crippen molar-refractivity contribution < 1.29 is 9.32 Å². The van der Waals surface area contributed by atoms with Gasteiger partial charge < -0.3 is 9.84 Å². The Morgan fingerprint density at radius 3 is 2.77 bits per heavy atom. The van der Waals surface area contributed by atoms with E-state index in [-0.39, 0.29) is 24.0 Å². The molecule has 4 rings (SSSR count). The highest BCUT2D eigenvalue weighted by Crippen LogP contribution is 2.22. The summed E-state index contributed by atoms with van der Waals surface area (Å²) in [4.78, 5) is 29.0. The Hall–Kier alpha value is -3.78. The number of nitrogens with one attached hydrogen (secondary N) is 1. The van der Waals surface area contributed by atoms with Crippen molar-refractivity contribution in [2.45, 2.75) is 19.9 Å². The van der Waals surface area contributed by atoms with Crippen molar-refractivity contribution in [3.8, 4) is 23.0 Å². The van der Waals surface area contributed by atoms with E-state index in [4.69, 9.17) is 16.1 Å². The van der Waals surface area contributed by atoms with Gasteiger partial charge >= 0.3 is 0 Å². The summed E-state index contributed by atoms with van der Waals surface area (Å²) in [6.45, 7) is 1.75. The number of carbonyl (C=O) groups is 1. The molecule has 8 nitrogen and oxygen atoms in total. The normalized spacial score (nSPS) is 10.8. The molecule has 4 aromatic rings. The summed E-state index contributed by atoms with van der Waals surface area (Å²) < 4.78 is 6.35. The van der Waals surface area contributed by atoms with E-state index in [0.29, 0.717) is 22.1 Å². The van der Waals surface area contributed by atoms with Crippen molar-refractivity contribution >= 4 is 23.2 Å². The van der Waals surface area contributed by atoms with Gasteiger partial charge in [0.15, 0.2) is 0 Å². The van der Waals surface area contributed by atoms with Gasteiger partial charge in [0.05, 0.1) is 0 Å². The molecule has 0 atom stereocenters. The average molecular weight is 436 g/mol. The molecule has 0 spiro atoms. The number of amides is 1. The van der Waals surface area contributed by atoms with E-state index in [1.807, 2.05) is 31.2 Å². The van der Waals surface area contributed by atoms with Crippen LogP contribution in [0.4, 0.5) is 5.69 Å². The summed E-state index contributed by atoms with van der Waals surface area (Å²) >= 11 is 6.01. The van der Waals surface area contributed by atoms with Crippen molar-refractivity contribution in [3.05, 3.63) is 81.6 Å². The number of hydrogen-bond acceptors (Lipinski definition) is 6. The predicted molar refractivity (Wildman–Crippen MR) is 117 cm³/mol. The Bertz CT molecular complexity index is 1300. The van der Waals surface area contributed by atoms with E-state index in [1.165, 1.54) is 12.1 Å². The summed E-state index contributed by atoms with van der Waals surface area (Å²) in [6, 6.07) is 17.3. The third-order valence-corrected chi connectivity index (χ3v) is 4.80. The SMILES string of the molecule is CCc1ccccc1NC(=O)Cn1nc(-c2nc(-c3cccc(Cl)c3)no2)ccc1=O. The maximum atomic E-state index is 12.5. The van der Waals surface area contributed by atoms with Gasteiger partial charge in [-0.25, -0.2) is 4.68 Å². The molecule has 0 aliphatic rings. The van der Waals surface area contributed by atoms with Crippen LogP contribution >= 0.6 is 11.6 Å². The van der Waals surface area contributed by atoms with Crippen molar-refractivity contribution in [2.24, 2.45) is 0 Å². The second kappa shape index (κ2) is 8.93. The van der Waals surface area contributed by atoms with Gasteiger partial charge in [-0.15, -0.1) is 0 Å². The number of hydrogen-bond donors (Lipinski definition) is 1. The topological polar surface area (TPSA) is 103 Å². The molecule has 1 amide bonds. The third kappa shape index (κ3) is 4.70. The fourth-order valence-electron chi connectivity index (χ4n) is 3.02. The van der Waals surface area contributed by atoms with Gasteiger partial charge in [0.1, 0.15) is 12.2 Å². The molecule has 0 radical (unpaired) electrons. The molecule has 2 aromatic heterocycles. The molecule has 2 aromatic carbocycles. The lowest BCUT2D eigenvalue weighted by Gasteiger charge is -2.10. The largest absolute Gasteiger partial charge is 0.332 e. The number of aryl methyl sites for hydroxylation is 1. The quantitative estimate of drug-likeness (QED) is 0.494. The minimum atomic E-state index is -0.419. The monoisotopic (exact) mass is 435 g/mol. The van der Waals surface area contributed by atoms with Gasteiger partial charge in [-0.1, -0.05) is 54.0 Å². The summed E-state index contributed by atoms with van der Waals surface area (Å²) in [5.74, 6) is 0.101. The molecule has 0 aliphatic heterocycles. The fourth-order valence-corrected chi connectivity index (χ4v) is 3.22.